The highest BCUT2D eigenvalue weighted by Crippen LogP contribution is 2.27. The smallest absolute Gasteiger partial charge is 0.119 e. The number of nitrogens with one attached hydrogen (secondary N) is 1. The minimum absolute atomic E-state index is 0.595. The first-order chi connectivity index (χ1) is 15.4. The molecule has 3 rings (SSSR count). The van der Waals surface area contributed by atoms with E-state index in [0.29, 0.717) is 18.6 Å². The molecule has 5 heteroatoms. The molecule has 0 unspecified atom stereocenters. The van der Waals surface area contributed by atoms with E-state index in [1.54, 1.807) is 0 Å². The topological polar surface area (TPSA) is 52.0 Å². The molecule has 0 aliphatic heterocycles. The van der Waals surface area contributed by atoms with Crippen molar-refractivity contribution < 1.29 is 4.74 Å². The van der Waals surface area contributed by atoms with E-state index in [1.807, 2.05) is 43.9 Å². The lowest BCUT2D eigenvalue weighted by atomic mass is 9.91. The fourth-order valence-corrected chi connectivity index (χ4v) is 2.95. The zero-order chi connectivity index (χ0) is 23.9. The van der Waals surface area contributed by atoms with Crippen LogP contribution < -0.4 is 10.1 Å². The van der Waals surface area contributed by atoms with Crippen LogP contribution >= 0.6 is 0 Å². The Labute approximate surface area is 196 Å². The Morgan fingerprint density at radius 1 is 1.09 bits per heavy atom. The molecule has 1 aromatic carbocycles. The van der Waals surface area contributed by atoms with Gasteiger partial charge in [-0.3, -0.25) is 4.68 Å². The van der Waals surface area contributed by atoms with E-state index in [0.717, 1.165) is 37.3 Å². The first-order valence-electron chi connectivity index (χ1n) is 12.1. The minimum Gasteiger partial charge on any atom is -0.494 e. The Hall–Kier alpha value is -2.40. The largest absolute Gasteiger partial charge is 0.494 e. The summed E-state index contributed by atoms with van der Waals surface area (Å²) in [5.74, 6) is 1.52. The molecule has 1 aliphatic carbocycles. The third kappa shape index (κ3) is 10.3. The fraction of sp³-hybridized carbons (Fsp3) is 0.556. The van der Waals surface area contributed by atoms with Gasteiger partial charge in [0.1, 0.15) is 11.4 Å². The lowest BCUT2D eigenvalue weighted by molar-refractivity contribution is 0.298. The van der Waals surface area contributed by atoms with Gasteiger partial charge in [-0.15, -0.1) is 5.10 Å². The molecule has 0 spiro atoms. The molecule has 1 heterocycles. The van der Waals surface area contributed by atoms with Gasteiger partial charge in [0, 0.05) is 19.0 Å². The van der Waals surface area contributed by atoms with Crippen LogP contribution in [0.4, 0.5) is 0 Å². The van der Waals surface area contributed by atoms with E-state index in [9.17, 15) is 0 Å². The van der Waals surface area contributed by atoms with Crippen molar-refractivity contribution in [1.29, 1.82) is 0 Å². The lowest BCUT2D eigenvalue weighted by Crippen LogP contribution is -2.15. The summed E-state index contributed by atoms with van der Waals surface area (Å²) in [6.07, 6.45) is 9.74. The van der Waals surface area contributed by atoms with Crippen LogP contribution in [-0.2, 0) is 6.54 Å². The maximum atomic E-state index is 5.76. The van der Waals surface area contributed by atoms with E-state index in [4.69, 9.17) is 4.74 Å². The quantitative estimate of drug-likeness (QED) is 0.479. The summed E-state index contributed by atoms with van der Waals surface area (Å²) in [6.45, 7) is 16.3. The summed E-state index contributed by atoms with van der Waals surface area (Å²) >= 11 is 0. The first-order valence-corrected chi connectivity index (χ1v) is 12.1. The maximum Gasteiger partial charge on any atom is 0.119 e. The molecule has 32 heavy (non-hydrogen) atoms. The molecule has 0 saturated heterocycles. The van der Waals surface area contributed by atoms with Crippen LogP contribution in [0.2, 0.25) is 0 Å². The molecule has 1 aromatic heterocycles. The number of aryl methyl sites for hydroxylation is 2. The Balaban J connectivity index is 0.000000646. The number of aromatic nitrogens is 3. The predicted octanol–water partition coefficient (Wildman–Crippen LogP) is 6.46. The fourth-order valence-electron chi connectivity index (χ4n) is 2.95. The number of allylic oxidation sites excluding steroid dienone is 4. The van der Waals surface area contributed by atoms with Gasteiger partial charge in [-0.1, -0.05) is 82.2 Å². The van der Waals surface area contributed by atoms with Crippen LogP contribution in [0.25, 0.3) is 5.57 Å². The molecule has 1 N–H and O–H groups in total. The van der Waals surface area contributed by atoms with Gasteiger partial charge in [0.05, 0.1) is 12.8 Å². The second-order valence-electron chi connectivity index (χ2n) is 8.40. The molecule has 0 saturated carbocycles. The lowest BCUT2D eigenvalue weighted by Gasteiger charge is -2.15. The molecule has 5 nitrogen and oxygen atoms in total. The molecule has 0 bridgehead atoms. The van der Waals surface area contributed by atoms with Gasteiger partial charge in [-0.2, -0.15) is 0 Å². The molecule has 2 aromatic rings. The van der Waals surface area contributed by atoms with Gasteiger partial charge in [0.15, 0.2) is 0 Å². The van der Waals surface area contributed by atoms with Crippen LogP contribution in [0.15, 0.2) is 48.2 Å². The molecule has 0 fully saturated rings. The molecule has 1 aliphatic rings. The Morgan fingerprint density at radius 3 is 2.34 bits per heavy atom. The van der Waals surface area contributed by atoms with Crippen molar-refractivity contribution in [1.82, 2.24) is 20.3 Å². The van der Waals surface area contributed by atoms with Crippen LogP contribution in [0, 0.1) is 12.8 Å². The Bertz CT molecular complexity index is 816. The van der Waals surface area contributed by atoms with Crippen LogP contribution in [-0.4, -0.2) is 34.7 Å². The summed E-state index contributed by atoms with van der Waals surface area (Å²) < 4.78 is 7.67. The zero-order valence-electron chi connectivity index (χ0n) is 21.5. The van der Waals surface area contributed by atoms with E-state index < -0.39 is 0 Å². The highest BCUT2D eigenvalue weighted by molar-refractivity contribution is 5.73. The van der Waals surface area contributed by atoms with Gasteiger partial charge in [0.25, 0.3) is 0 Å². The normalized spacial score (nSPS) is 12.9. The highest BCUT2D eigenvalue weighted by Gasteiger charge is 2.12. The number of rotatable bonds is 8. The maximum absolute atomic E-state index is 5.76. The monoisotopic (exact) mass is 440 g/mol. The van der Waals surface area contributed by atoms with Crippen LogP contribution in [0.3, 0.4) is 0 Å². The van der Waals surface area contributed by atoms with Gasteiger partial charge in [0.2, 0.25) is 0 Å². The second kappa shape index (κ2) is 15.4. The van der Waals surface area contributed by atoms with Crippen molar-refractivity contribution >= 4 is 5.57 Å². The highest BCUT2D eigenvalue weighted by atomic mass is 16.5. The second-order valence-corrected chi connectivity index (χ2v) is 8.40. The molecule has 178 valence electrons. The third-order valence-corrected chi connectivity index (χ3v) is 5.11. The van der Waals surface area contributed by atoms with Crippen molar-refractivity contribution in [3.8, 4) is 5.75 Å². The first kappa shape index (κ1) is 27.6. The number of hydrogen-bond acceptors (Lipinski definition) is 4. The van der Waals surface area contributed by atoms with Gasteiger partial charge >= 0.3 is 0 Å². The minimum atomic E-state index is 0.595. The summed E-state index contributed by atoms with van der Waals surface area (Å²) in [5, 5.41) is 11.6. The standard InChI is InChI=1S/C21H27N3O.C4H11N.C2H6/c1-16(2)18-6-4-7-19(14-18)21-15-24(23-22-21)12-5-13-25-20-10-8-17(3)9-11-20;1-4(2)5-3;1-2/h7-11,14-16H,4-6,12-13H2,1-3H3;4-5H,1-3H3;1-2H3. The number of ether oxygens (including phenoxy) is 1. The van der Waals surface area contributed by atoms with E-state index in [-0.39, 0.29) is 0 Å². The van der Waals surface area contributed by atoms with Crippen molar-refractivity contribution in [2.75, 3.05) is 13.7 Å². The SMILES string of the molecule is CC.CNC(C)C.Cc1ccc(OCCCn2cc(C3=CCCC(C(C)C)=C3)nn2)cc1. The van der Waals surface area contributed by atoms with Crippen LogP contribution in [0.1, 0.15) is 72.1 Å². The molecule has 0 amide bonds. The van der Waals surface area contributed by atoms with Crippen molar-refractivity contribution in [2.45, 2.75) is 80.3 Å². The van der Waals surface area contributed by atoms with Crippen molar-refractivity contribution in [2.24, 2.45) is 5.92 Å². The van der Waals surface area contributed by atoms with E-state index in [2.05, 4.69) is 74.5 Å². The zero-order valence-corrected chi connectivity index (χ0v) is 21.5. The summed E-state index contributed by atoms with van der Waals surface area (Å²) in [4.78, 5) is 0. The van der Waals surface area contributed by atoms with Gasteiger partial charge < -0.3 is 10.1 Å². The van der Waals surface area contributed by atoms with E-state index in [1.165, 1.54) is 16.7 Å². The Morgan fingerprint density at radius 2 is 1.75 bits per heavy atom. The number of nitrogens with zero attached hydrogens (tertiary/aromatic N) is 3. The average molecular weight is 441 g/mol. The van der Waals surface area contributed by atoms with Crippen molar-refractivity contribution in [3.05, 3.63) is 59.4 Å². The van der Waals surface area contributed by atoms with Crippen LogP contribution in [0.5, 0.6) is 5.75 Å². The molecular formula is C27H44N4O. The average Bonchev–Trinajstić information content (AvgIpc) is 3.29. The summed E-state index contributed by atoms with van der Waals surface area (Å²) in [7, 11) is 1.95. The third-order valence-electron chi connectivity index (χ3n) is 5.11. The molecule has 0 atom stereocenters. The van der Waals surface area contributed by atoms with Crippen molar-refractivity contribution in [3.63, 3.8) is 0 Å². The number of hydrogen-bond donors (Lipinski definition) is 1. The summed E-state index contributed by atoms with van der Waals surface area (Å²) in [6, 6.07) is 8.79. The molecule has 0 radical (unpaired) electrons. The summed E-state index contributed by atoms with van der Waals surface area (Å²) in [5.41, 5.74) is 4.92. The Kier molecular flexibility index (Phi) is 13.3. The molecular weight excluding hydrogens is 396 g/mol. The van der Waals surface area contributed by atoms with E-state index >= 15 is 0 Å². The predicted molar refractivity (Wildman–Crippen MR) is 137 cm³/mol. The van der Waals surface area contributed by atoms with Gasteiger partial charge in [-0.25, -0.2) is 0 Å². The van der Waals surface area contributed by atoms with Gasteiger partial charge in [-0.05, 0) is 50.4 Å². The number of benzene rings is 1.